The summed E-state index contributed by atoms with van der Waals surface area (Å²) in [5.74, 6) is 0.571. The summed E-state index contributed by atoms with van der Waals surface area (Å²) in [7, 11) is 3.83. The van der Waals surface area contributed by atoms with Crippen LogP contribution in [0, 0.1) is 11.3 Å². The van der Waals surface area contributed by atoms with Crippen molar-refractivity contribution in [2.45, 2.75) is 26.2 Å². The van der Waals surface area contributed by atoms with Gasteiger partial charge in [0.2, 0.25) is 0 Å². The maximum Gasteiger partial charge on any atom is 0.127 e. The molecule has 0 saturated carbocycles. The molecule has 0 spiro atoms. The van der Waals surface area contributed by atoms with Crippen molar-refractivity contribution in [3.8, 4) is 11.8 Å². The van der Waals surface area contributed by atoms with Gasteiger partial charge in [-0.3, -0.25) is 0 Å². The van der Waals surface area contributed by atoms with Crippen LogP contribution in [0.2, 0.25) is 0 Å². The molecule has 0 bridgehead atoms. The third-order valence-electron chi connectivity index (χ3n) is 3.33. The van der Waals surface area contributed by atoms with Gasteiger partial charge in [-0.25, -0.2) is 4.68 Å². The standard InChI is InChI=1S/C16H21N5/c1-16(2,3)14-9-15(18)21(19-14)12-6-7-13(20(4)5)11(8-12)10-17/h6-9H,18H2,1-5H3. The highest BCUT2D eigenvalue weighted by atomic mass is 15.3. The summed E-state index contributed by atoms with van der Waals surface area (Å²) in [4.78, 5) is 1.91. The van der Waals surface area contributed by atoms with Crippen molar-refractivity contribution >= 4 is 11.5 Å². The third kappa shape index (κ3) is 2.84. The van der Waals surface area contributed by atoms with Crippen LogP contribution in [-0.2, 0) is 5.41 Å². The van der Waals surface area contributed by atoms with Crippen molar-refractivity contribution in [3.63, 3.8) is 0 Å². The molecule has 1 heterocycles. The molecule has 1 aromatic heterocycles. The summed E-state index contributed by atoms with van der Waals surface area (Å²) in [5, 5.41) is 13.9. The van der Waals surface area contributed by atoms with Crippen molar-refractivity contribution < 1.29 is 0 Å². The van der Waals surface area contributed by atoms with E-state index in [0.29, 0.717) is 11.4 Å². The summed E-state index contributed by atoms with van der Waals surface area (Å²) in [5.41, 5.74) is 9.20. The second-order valence-corrected chi connectivity index (χ2v) is 6.32. The zero-order valence-electron chi connectivity index (χ0n) is 13.2. The van der Waals surface area contributed by atoms with Gasteiger partial charge in [-0.15, -0.1) is 0 Å². The number of rotatable bonds is 2. The Balaban J connectivity index is 2.53. The van der Waals surface area contributed by atoms with Gasteiger partial charge in [0.1, 0.15) is 11.9 Å². The van der Waals surface area contributed by atoms with E-state index in [-0.39, 0.29) is 5.41 Å². The average molecular weight is 283 g/mol. The topological polar surface area (TPSA) is 70.9 Å². The Morgan fingerprint density at radius 1 is 1.24 bits per heavy atom. The number of benzene rings is 1. The van der Waals surface area contributed by atoms with E-state index in [1.54, 1.807) is 4.68 Å². The summed E-state index contributed by atoms with van der Waals surface area (Å²) < 4.78 is 1.68. The molecule has 0 radical (unpaired) electrons. The van der Waals surface area contributed by atoms with Crippen molar-refractivity contribution in [2.24, 2.45) is 0 Å². The van der Waals surface area contributed by atoms with Gasteiger partial charge < -0.3 is 10.6 Å². The molecule has 0 atom stereocenters. The second-order valence-electron chi connectivity index (χ2n) is 6.32. The molecule has 1 aromatic carbocycles. The Labute approximate surface area is 125 Å². The molecule has 0 fully saturated rings. The van der Waals surface area contributed by atoms with Crippen LogP contribution in [0.15, 0.2) is 24.3 Å². The molecule has 2 N–H and O–H groups in total. The highest BCUT2D eigenvalue weighted by molar-refractivity contribution is 5.62. The van der Waals surface area contributed by atoms with Crippen molar-refractivity contribution in [1.82, 2.24) is 9.78 Å². The van der Waals surface area contributed by atoms with Gasteiger partial charge >= 0.3 is 0 Å². The largest absolute Gasteiger partial charge is 0.384 e. The predicted octanol–water partition coefficient (Wildman–Crippen LogP) is 2.69. The zero-order valence-corrected chi connectivity index (χ0v) is 13.2. The zero-order chi connectivity index (χ0) is 15.8. The van der Waals surface area contributed by atoms with E-state index in [1.165, 1.54) is 0 Å². The Morgan fingerprint density at radius 2 is 1.90 bits per heavy atom. The smallest absolute Gasteiger partial charge is 0.127 e. The van der Waals surface area contributed by atoms with Gasteiger partial charge in [0.05, 0.1) is 22.6 Å². The lowest BCUT2D eigenvalue weighted by Gasteiger charge is -2.16. The number of nitrogen functional groups attached to an aromatic ring is 1. The van der Waals surface area contributed by atoms with Gasteiger partial charge in [0.15, 0.2) is 0 Å². The first kappa shape index (κ1) is 14.9. The van der Waals surface area contributed by atoms with Crippen LogP contribution in [-0.4, -0.2) is 23.9 Å². The fourth-order valence-corrected chi connectivity index (χ4v) is 2.10. The minimum atomic E-state index is -0.0684. The van der Waals surface area contributed by atoms with Crippen LogP contribution in [0.5, 0.6) is 0 Å². The third-order valence-corrected chi connectivity index (χ3v) is 3.33. The van der Waals surface area contributed by atoms with E-state index in [2.05, 4.69) is 31.9 Å². The van der Waals surface area contributed by atoms with Crippen LogP contribution in [0.25, 0.3) is 5.69 Å². The highest BCUT2D eigenvalue weighted by Crippen LogP contribution is 2.27. The van der Waals surface area contributed by atoms with Crippen molar-refractivity contribution in [3.05, 3.63) is 35.5 Å². The summed E-state index contributed by atoms with van der Waals surface area (Å²) in [6, 6.07) is 9.74. The molecule has 2 aromatic rings. The van der Waals surface area contributed by atoms with Gasteiger partial charge in [-0.1, -0.05) is 20.8 Å². The Bertz CT molecular complexity index is 698. The lowest BCUT2D eigenvalue weighted by Crippen LogP contribution is -2.13. The molecule has 0 amide bonds. The molecule has 0 saturated heterocycles. The van der Waals surface area contributed by atoms with Crippen LogP contribution in [0.3, 0.4) is 0 Å². The van der Waals surface area contributed by atoms with Crippen LogP contribution in [0.1, 0.15) is 32.0 Å². The summed E-state index contributed by atoms with van der Waals surface area (Å²) in [6.45, 7) is 6.28. The average Bonchev–Trinajstić information content (AvgIpc) is 2.80. The number of anilines is 2. The first-order valence-electron chi connectivity index (χ1n) is 6.82. The Kier molecular flexibility index (Phi) is 3.65. The molecule has 0 aliphatic carbocycles. The van der Waals surface area contributed by atoms with Crippen molar-refractivity contribution in [2.75, 3.05) is 24.7 Å². The first-order chi connectivity index (χ1) is 9.74. The van der Waals surface area contributed by atoms with Crippen molar-refractivity contribution in [1.29, 1.82) is 5.26 Å². The van der Waals surface area contributed by atoms with Crippen LogP contribution < -0.4 is 10.6 Å². The van der Waals surface area contributed by atoms with E-state index < -0.39 is 0 Å². The molecule has 0 unspecified atom stereocenters. The lowest BCUT2D eigenvalue weighted by atomic mass is 9.92. The normalized spacial score (nSPS) is 11.2. The Morgan fingerprint density at radius 3 is 2.38 bits per heavy atom. The van der Waals surface area contributed by atoms with Gasteiger partial charge in [-0.2, -0.15) is 10.4 Å². The van der Waals surface area contributed by atoms with E-state index in [9.17, 15) is 5.26 Å². The second kappa shape index (κ2) is 5.13. The highest BCUT2D eigenvalue weighted by Gasteiger charge is 2.19. The summed E-state index contributed by atoms with van der Waals surface area (Å²) in [6.07, 6.45) is 0. The molecule has 2 rings (SSSR count). The predicted molar refractivity (Wildman–Crippen MR) is 85.7 cm³/mol. The van der Waals surface area contributed by atoms with E-state index >= 15 is 0 Å². The quantitative estimate of drug-likeness (QED) is 0.920. The van der Waals surface area contributed by atoms with E-state index in [4.69, 9.17) is 5.73 Å². The maximum absolute atomic E-state index is 9.30. The maximum atomic E-state index is 9.30. The van der Waals surface area contributed by atoms with Crippen LogP contribution >= 0.6 is 0 Å². The SMILES string of the molecule is CN(C)c1ccc(-n2nc(C(C)(C)C)cc2N)cc1C#N. The number of hydrogen-bond acceptors (Lipinski definition) is 4. The molecule has 0 aliphatic heterocycles. The molecule has 5 heteroatoms. The van der Waals surface area contributed by atoms with E-state index in [1.807, 2.05) is 43.3 Å². The van der Waals surface area contributed by atoms with Gasteiger partial charge in [-0.05, 0) is 18.2 Å². The minimum absolute atomic E-state index is 0.0684. The molecular formula is C16H21N5. The molecule has 5 nitrogen and oxygen atoms in total. The fourth-order valence-electron chi connectivity index (χ4n) is 2.10. The molecule has 0 aliphatic rings. The lowest BCUT2D eigenvalue weighted by molar-refractivity contribution is 0.560. The molecular weight excluding hydrogens is 262 g/mol. The molecule has 110 valence electrons. The fraction of sp³-hybridized carbons (Fsp3) is 0.375. The monoisotopic (exact) mass is 283 g/mol. The van der Waals surface area contributed by atoms with E-state index in [0.717, 1.165) is 17.1 Å². The van der Waals surface area contributed by atoms with Crippen LogP contribution in [0.4, 0.5) is 11.5 Å². The minimum Gasteiger partial charge on any atom is -0.384 e. The van der Waals surface area contributed by atoms with Gasteiger partial charge in [0.25, 0.3) is 0 Å². The van der Waals surface area contributed by atoms with Gasteiger partial charge in [0, 0.05) is 25.6 Å². The summed E-state index contributed by atoms with van der Waals surface area (Å²) >= 11 is 0. The number of nitriles is 1. The number of nitrogens with zero attached hydrogens (tertiary/aromatic N) is 4. The number of hydrogen-bond donors (Lipinski definition) is 1. The first-order valence-corrected chi connectivity index (χ1v) is 6.82. The molecule has 21 heavy (non-hydrogen) atoms. The Hall–Kier alpha value is -2.48. The number of nitrogens with two attached hydrogens (primary N) is 1. The number of aromatic nitrogens is 2.